The maximum Gasteiger partial charge on any atom is 0.139 e. The summed E-state index contributed by atoms with van der Waals surface area (Å²) in [6, 6.07) is 3.87. The van der Waals surface area contributed by atoms with E-state index in [9.17, 15) is 9.50 Å². The molecule has 1 aromatic carbocycles. The van der Waals surface area contributed by atoms with E-state index in [0.717, 1.165) is 0 Å². The number of rotatable bonds is 2. The highest BCUT2D eigenvalue weighted by Gasteiger charge is 2.17. The van der Waals surface area contributed by atoms with Gasteiger partial charge >= 0.3 is 0 Å². The average molecular weight is 259 g/mol. The molecular formula is C9H8BrFN2O. The summed E-state index contributed by atoms with van der Waals surface area (Å²) in [6.07, 6.45) is 0. The number of phenolic OH excluding ortho intramolecular Hbond substituents is 1. The fourth-order valence-electron chi connectivity index (χ4n) is 1.10. The van der Waals surface area contributed by atoms with Crippen LogP contribution in [-0.2, 0) is 0 Å². The lowest BCUT2D eigenvalue weighted by Gasteiger charge is -2.12. The molecule has 5 heteroatoms. The lowest BCUT2D eigenvalue weighted by Crippen LogP contribution is -2.13. The van der Waals surface area contributed by atoms with Crippen molar-refractivity contribution in [2.24, 2.45) is 5.73 Å². The predicted octanol–water partition coefficient (Wildman–Crippen LogP) is 2.00. The molecule has 0 aliphatic carbocycles. The standard InChI is InChI=1S/C9H8BrFN2O/c10-6-2-1-5(4-12)9(14)8(6)7(13)3-11/h1-2,7,14H,3,13H2. The summed E-state index contributed by atoms with van der Waals surface area (Å²) in [5.41, 5.74) is 5.76. The number of nitrogens with zero attached hydrogens (tertiary/aromatic N) is 1. The Morgan fingerprint density at radius 1 is 1.64 bits per heavy atom. The second kappa shape index (κ2) is 4.40. The number of hydrogen-bond acceptors (Lipinski definition) is 3. The number of halogens is 2. The van der Waals surface area contributed by atoms with E-state index in [1.165, 1.54) is 6.07 Å². The van der Waals surface area contributed by atoms with Gasteiger partial charge < -0.3 is 10.8 Å². The molecule has 1 atom stereocenters. The number of alkyl halides is 1. The Bertz CT molecular complexity index is 389. The molecule has 0 aromatic heterocycles. The SMILES string of the molecule is N#Cc1ccc(Br)c(C(N)CF)c1O. The van der Waals surface area contributed by atoms with Crippen LogP contribution < -0.4 is 5.73 Å². The van der Waals surface area contributed by atoms with E-state index in [2.05, 4.69) is 15.9 Å². The van der Waals surface area contributed by atoms with Gasteiger partial charge in [-0.2, -0.15) is 5.26 Å². The fourth-order valence-corrected chi connectivity index (χ4v) is 1.72. The largest absolute Gasteiger partial charge is 0.506 e. The molecule has 0 saturated heterocycles. The summed E-state index contributed by atoms with van der Waals surface area (Å²) in [4.78, 5) is 0. The third kappa shape index (κ3) is 1.86. The van der Waals surface area contributed by atoms with Crippen molar-refractivity contribution in [3.63, 3.8) is 0 Å². The Morgan fingerprint density at radius 3 is 2.79 bits per heavy atom. The van der Waals surface area contributed by atoms with E-state index in [4.69, 9.17) is 11.0 Å². The van der Waals surface area contributed by atoms with Crippen LogP contribution in [0.3, 0.4) is 0 Å². The van der Waals surface area contributed by atoms with Crippen LogP contribution in [0.15, 0.2) is 16.6 Å². The van der Waals surface area contributed by atoms with Gasteiger partial charge in [-0.15, -0.1) is 0 Å². The molecule has 14 heavy (non-hydrogen) atoms. The second-order valence-corrected chi connectivity index (χ2v) is 3.58. The first-order chi connectivity index (χ1) is 6.61. The monoisotopic (exact) mass is 258 g/mol. The van der Waals surface area contributed by atoms with E-state index in [1.54, 1.807) is 12.1 Å². The first-order valence-electron chi connectivity index (χ1n) is 3.84. The Labute approximate surface area is 89.1 Å². The molecule has 0 aliphatic rings. The van der Waals surface area contributed by atoms with Crippen molar-refractivity contribution in [1.29, 1.82) is 5.26 Å². The van der Waals surface area contributed by atoms with E-state index in [-0.39, 0.29) is 16.9 Å². The Balaban J connectivity index is 3.34. The minimum atomic E-state index is -0.919. The number of hydrogen-bond donors (Lipinski definition) is 2. The summed E-state index contributed by atoms with van der Waals surface area (Å²) in [5, 5.41) is 18.2. The van der Waals surface area contributed by atoms with Crippen molar-refractivity contribution >= 4 is 15.9 Å². The smallest absolute Gasteiger partial charge is 0.139 e. The predicted molar refractivity (Wildman–Crippen MR) is 53.4 cm³/mol. The maximum absolute atomic E-state index is 12.3. The van der Waals surface area contributed by atoms with Crippen LogP contribution in [0.4, 0.5) is 4.39 Å². The highest BCUT2D eigenvalue weighted by molar-refractivity contribution is 9.10. The Morgan fingerprint density at radius 2 is 2.29 bits per heavy atom. The highest BCUT2D eigenvalue weighted by atomic mass is 79.9. The summed E-state index contributed by atoms with van der Waals surface area (Å²) in [6.45, 7) is -0.791. The van der Waals surface area contributed by atoms with Crippen molar-refractivity contribution < 1.29 is 9.50 Å². The molecule has 0 aliphatic heterocycles. The third-order valence-corrected chi connectivity index (χ3v) is 2.51. The van der Waals surface area contributed by atoms with Crippen LogP contribution in [0, 0.1) is 11.3 Å². The molecule has 3 N–H and O–H groups in total. The van der Waals surface area contributed by atoms with Crippen molar-refractivity contribution in [3.8, 4) is 11.8 Å². The van der Waals surface area contributed by atoms with Gasteiger partial charge in [-0.25, -0.2) is 4.39 Å². The van der Waals surface area contributed by atoms with Crippen LogP contribution in [-0.4, -0.2) is 11.8 Å². The number of nitrogens with two attached hydrogens (primary N) is 1. The molecular weight excluding hydrogens is 251 g/mol. The van der Waals surface area contributed by atoms with Gasteiger partial charge in [-0.1, -0.05) is 15.9 Å². The molecule has 0 saturated carbocycles. The summed E-state index contributed by atoms with van der Waals surface area (Å²) < 4.78 is 12.8. The molecule has 0 fully saturated rings. The van der Waals surface area contributed by atoms with Crippen LogP contribution in [0.5, 0.6) is 5.75 Å². The molecule has 0 heterocycles. The third-order valence-electron chi connectivity index (χ3n) is 1.82. The van der Waals surface area contributed by atoms with Gasteiger partial charge in [-0.3, -0.25) is 0 Å². The summed E-state index contributed by atoms with van der Waals surface area (Å²) in [7, 11) is 0. The van der Waals surface area contributed by atoms with Crippen LogP contribution in [0.2, 0.25) is 0 Å². The normalized spacial score (nSPS) is 12.1. The number of phenols is 1. The first-order valence-corrected chi connectivity index (χ1v) is 4.64. The lowest BCUT2D eigenvalue weighted by molar-refractivity contribution is 0.413. The van der Waals surface area contributed by atoms with Crippen molar-refractivity contribution in [1.82, 2.24) is 0 Å². The zero-order chi connectivity index (χ0) is 10.7. The van der Waals surface area contributed by atoms with Gasteiger partial charge in [-0.05, 0) is 12.1 Å². The lowest BCUT2D eigenvalue weighted by atomic mass is 10.0. The first kappa shape index (κ1) is 11.0. The number of nitriles is 1. The second-order valence-electron chi connectivity index (χ2n) is 2.73. The number of aromatic hydroxyl groups is 1. The van der Waals surface area contributed by atoms with Crippen molar-refractivity contribution in [2.45, 2.75) is 6.04 Å². The van der Waals surface area contributed by atoms with E-state index >= 15 is 0 Å². The van der Waals surface area contributed by atoms with E-state index < -0.39 is 12.7 Å². The van der Waals surface area contributed by atoms with Gasteiger partial charge in [0.1, 0.15) is 18.5 Å². The van der Waals surface area contributed by atoms with Crippen LogP contribution in [0.1, 0.15) is 17.2 Å². The highest BCUT2D eigenvalue weighted by Crippen LogP contribution is 2.33. The minimum Gasteiger partial charge on any atom is -0.506 e. The molecule has 0 bridgehead atoms. The van der Waals surface area contributed by atoms with Gasteiger partial charge in [0.15, 0.2) is 0 Å². The minimum absolute atomic E-state index is 0.0899. The van der Waals surface area contributed by atoms with E-state index in [1.807, 2.05) is 0 Å². The van der Waals surface area contributed by atoms with Crippen molar-refractivity contribution in [2.75, 3.05) is 6.67 Å². The summed E-state index contributed by atoms with van der Waals surface area (Å²) in [5.74, 6) is -0.257. The van der Waals surface area contributed by atoms with Crippen molar-refractivity contribution in [3.05, 3.63) is 27.7 Å². The maximum atomic E-state index is 12.3. The Hall–Kier alpha value is -1.12. The quantitative estimate of drug-likeness (QED) is 0.853. The van der Waals surface area contributed by atoms with E-state index in [0.29, 0.717) is 4.47 Å². The fraction of sp³-hybridized carbons (Fsp3) is 0.222. The number of benzene rings is 1. The molecule has 1 aromatic rings. The van der Waals surface area contributed by atoms with Gasteiger partial charge in [0, 0.05) is 10.0 Å². The Kier molecular flexibility index (Phi) is 3.44. The molecule has 0 amide bonds. The van der Waals surface area contributed by atoms with Crippen LogP contribution in [0.25, 0.3) is 0 Å². The molecule has 3 nitrogen and oxygen atoms in total. The van der Waals surface area contributed by atoms with Gasteiger partial charge in [0.2, 0.25) is 0 Å². The topological polar surface area (TPSA) is 70.0 Å². The molecule has 0 radical (unpaired) electrons. The average Bonchev–Trinajstić information content (AvgIpc) is 2.18. The molecule has 1 rings (SSSR count). The molecule has 1 unspecified atom stereocenters. The zero-order valence-electron chi connectivity index (χ0n) is 7.17. The van der Waals surface area contributed by atoms with Gasteiger partial charge in [0.25, 0.3) is 0 Å². The summed E-state index contributed by atoms with van der Waals surface area (Å²) >= 11 is 3.14. The van der Waals surface area contributed by atoms with Crippen LogP contribution >= 0.6 is 15.9 Å². The zero-order valence-corrected chi connectivity index (χ0v) is 8.75. The molecule has 0 spiro atoms. The van der Waals surface area contributed by atoms with Gasteiger partial charge in [0.05, 0.1) is 11.6 Å². The molecule has 74 valence electrons.